The van der Waals surface area contributed by atoms with Crippen molar-refractivity contribution in [3.05, 3.63) is 42.2 Å². The van der Waals surface area contributed by atoms with Gasteiger partial charge in [0.1, 0.15) is 0 Å². The summed E-state index contributed by atoms with van der Waals surface area (Å²) in [7, 11) is 2.11. The number of hydrogen-bond acceptors (Lipinski definition) is 2. The summed E-state index contributed by atoms with van der Waals surface area (Å²) in [5.74, 6) is 0.962. The average molecular weight is 267 g/mol. The van der Waals surface area contributed by atoms with Crippen molar-refractivity contribution in [2.24, 2.45) is 18.7 Å². The predicted octanol–water partition coefficient (Wildman–Crippen LogP) is 3.42. The SMILES string of the molecule is CC(C)C(CN)c1ccc2c3cnccc3n(C)c2c1. The molecule has 0 saturated carbocycles. The molecular weight excluding hydrogens is 246 g/mol. The molecule has 0 fully saturated rings. The molecular formula is C17H21N3. The number of hydrogen-bond donors (Lipinski definition) is 1. The number of pyridine rings is 1. The maximum atomic E-state index is 5.95. The van der Waals surface area contributed by atoms with Crippen LogP contribution in [0.2, 0.25) is 0 Å². The molecule has 0 bridgehead atoms. The highest BCUT2D eigenvalue weighted by molar-refractivity contribution is 6.07. The van der Waals surface area contributed by atoms with Gasteiger partial charge in [-0.15, -0.1) is 0 Å². The molecule has 1 atom stereocenters. The fraction of sp³-hybridized carbons (Fsp3) is 0.353. The number of nitrogens with two attached hydrogens (primary N) is 1. The molecule has 0 aliphatic heterocycles. The predicted molar refractivity (Wildman–Crippen MR) is 84.9 cm³/mol. The Kier molecular flexibility index (Phi) is 3.22. The number of aryl methyl sites for hydroxylation is 1. The fourth-order valence-corrected chi connectivity index (χ4v) is 3.09. The lowest BCUT2D eigenvalue weighted by Gasteiger charge is -2.19. The Balaban J connectivity index is 2.26. The molecule has 3 nitrogen and oxygen atoms in total. The first-order valence-corrected chi connectivity index (χ1v) is 7.15. The molecule has 20 heavy (non-hydrogen) atoms. The van der Waals surface area contributed by atoms with Crippen LogP contribution in [0.1, 0.15) is 25.3 Å². The van der Waals surface area contributed by atoms with Gasteiger partial charge in [0.15, 0.2) is 0 Å². The number of aromatic nitrogens is 2. The summed E-state index contributed by atoms with van der Waals surface area (Å²) in [4.78, 5) is 4.24. The standard InChI is InChI=1S/C17H21N3/c1-11(2)14(9-18)12-4-5-13-15-10-19-7-6-16(15)20(3)17(13)8-12/h4-8,10-11,14H,9,18H2,1-3H3. The number of nitrogens with zero attached hydrogens (tertiary/aromatic N) is 2. The van der Waals surface area contributed by atoms with Crippen LogP contribution in [0.15, 0.2) is 36.7 Å². The highest BCUT2D eigenvalue weighted by atomic mass is 14.9. The lowest BCUT2D eigenvalue weighted by Crippen LogP contribution is -2.17. The van der Waals surface area contributed by atoms with E-state index in [0.29, 0.717) is 18.4 Å². The second kappa shape index (κ2) is 4.91. The van der Waals surface area contributed by atoms with Gasteiger partial charge in [-0.3, -0.25) is 4.98 Å². The third kappa shape index (κ3) is 1.90. The molecule has 2 N–H and O–H groups in total. The summed E-state index contributed by atoms with van der Waals surface area (Å²) in [6.45, 7) is 5.15. The topological polar surface area (TPSA) is 43.8 Å². The van der Waals surface area contributed by atoms with Crippen molar-refractivity contribution < 1.29 is 0 Å². The zero-order valence-electron chi connectivity index (χ0n) is 12.3. The van der Waals surface area contributed by atoms with Crippen LogP contribution in [0.5, 0.6) is 0 Å². The Labute approximate surface area is 119 Å². The first kappa shape index (κ1) is 13.1. The Bertz CT molecular complexity index is 755. The summed E-state index contributed by atoms with van der Waals surface area (Å²) in [5.41, 5.74) is 9.75. The number of fused-ring (bicyclic) bond motifs is 3. The van der Waals surface area contributed by atoms with E-state index in [4.69, 9.17) is 5.73 Å². The van der Waals surface area contributed by atoms with Gasteiger partial charge in [-0.25, -0.2) is 0 Å². The lowest BCUT2D eigenvalue weighted by atomic mass is 9.88. The minimum absolute atomic E-state index is 0.413. The van der Waals surface area contributed by atoms with Crippen molar-refractivity contribution in [2.75, 3.05) is 6.54 Å². The van der Waals surface area contributed by atoms with Crippen LogP contribution in [0.4, 0.5) is 0 Å². The zero-order valence-corrected chi connectivity index (χ0v) is 12.3. The largest absolute Gasteiger partial charge is 0.344 e. The van der Waals surface area contributed by atoms with Crippen LogP contribution in [0.25, 0.3) is 21.8 Å². The van der Waals surface area contributed by atoms with E-state index in [-0.39, 0.29) is 0 Å². The molecule has 0 spiro atoms. The van der Waals surface area contributed by atoms with Crippen molar-refractivity contribution in [1.29, 1.82) is 0 Å². The van der Waals surface area contributed by atoms with E-state index in [1.54, 1.807) is 0 Å². The molecule has 2 aromatic heterocycles. The second-order valence-electron chi connectivity index (χ2n) is 5.81. The van der Waals surface area contributed by atoms with Crippen LogP contribution in [-0.2, 0) is 7.05 Å². The van der Waals surface area contributed by atoms with Crippen LogP contribution >= 0.6 is 0 Å². The van der Waals surface area contributed by atoms with Gasteiger partial charge in [0.2, 0.25) is 0 Å². The normalized spacial score (nSPS) is 13.4. The van der Waals surface area contributed by atoms with E-state index < -0.39 is 0 Å². The molecule has 104 valence electrons. The minimum atomic E-state index is 0.413. The first-order chi connectivity index (χ1) is 9.63. The van der Waals surface area contributed by atoms with Gasteiger partial charge in [0.05, 0.1) is 5.52 Å². The third-order valence-corrected chi connectivity index (χ3v) is 4.32. The molecule has 1 unspecified atom stereocenters. The van der Waals surface area contributed by atoms with Gasteiger partial charge in [0.25, 0.3) is 0 Å². The monoisotopic (exact) mass is 267 g/mol. The molecule has 1 aromatic carbocycles. The number of benzene rings is 1. The van der Waals surface area contributed by atoms with Crippen molar-refractivity contribution in [2.45, 2.75) is 19.8 Å². The highest BCUT2D eigenvalue weighted by Crippen LogP contribution is 2.31. The molecule has 0 amide bonds. The van der Waals surface area contributed by atoms with Gasteiger partial charge in [0, 0.05) is 35.7 Å². The van der Waals surface area contributed by atoms with Gasteiger partial charge in [-0.2, -0.15) is 0 Å². The Morgan fingerprint density at radius 2 is 1.95 bits per heavy atom. The van der Waals surface area contributed by atoms with Crippen molar-refractivity contribution in [3.8, 4) is 0 Å². The summed E-state index contributed by atoms with van der Waals surface area (Å²) >= 11 is 0. The summed E-state index contributed by atoms with van der Waals surface area (Å²) in [6.07, 6.45) is 3.79. The van der Waals surface area contributed by atoms with Crippen LogP contribution in [0.3, 0.4) is 0 Å². The summed E-state index contributed by atoms with van der Waals surface area (Å²) in [5, 5.41) is 2.48. The second-order valence-corrected chi connectivity index (χ2v) is 5.81. The van der Waals surface area contributed by atoms with Gasteiger partial charge in [-0.05, 0) is 36.1 Å². The number of rotatable bonds is 3. The van der Waals surface area contributed by atoms with Crippen molar-refractivity contribution >= 4 is 21.8 Å². The van der Waals surface area contributed by atoms with E-state index >= 15 is 0 Å². The zero-order chi connectivity index (χ0) is 14.3. The van der Waals surface area contributed by atoms with Crippen LogP contribution < -0.4 is 5.73 Å². The van der Waals surface area contributed by atoms with E-state index in [1.807, 2.05) is 12.4 Å². The maximum Gasteiger partial charge on any atom is 0.0519 e. The maximum absolute atomic E-state index is 5.95. The molecule has 3 rings (SSSR count). The summed E-state index contributed by atoms with van der Waals surface area (Å²) < 4.78 is 2.24. The highest BCUT2D eigenvalue weighted by Gasteiger charge is 2.16. The van der Waals surface area contributed by atoms with Crippen LogP contribution in [0, 0.1) is 5.92 Å². The average Bonchev–Trinajstić information content (AvgIpc) is 2.73. The van der Waals surface area contributed by atoms with E-state index in [1.165, 1.54) is 27.4 Å². The minimum Gasteiger partial charge on any atom is -0.344 e. The fourth-order valence-electron chi connectivity index (χ4n) is 3.09. The first-order valence-electron chi connectivity index (χ1n) is 7.15. The van der Waals surface area contributed by atoms with Gasteiger partial charge in [-0.1, -0.05) is 26.0 Å². The Hall–Kier alpha value is -1.87. The Morgan fingerprint density at radius 3 is 2.65 bits per heavy atom. The molecule has 0 aliphatic carbocycles. The summed E-state index contributed by atoms with van der Waals surface area (Å²) in [6, 6.07) is 8.77. The smallest absolute Gasteiger partial charge is 0.0519 e. The molecule has 3 heteroatoms. The molecule has 0 aliphatic rings. The molecule has 0 saturated heterocycles. The molecule has 2 heterocycles. The van der Waals surface area contributed by atoms with E-state index in [9.17, 15) is 0 Å². The van der Waals surface area contributed by atoms with Gasteiger partial charge >= 0.3 is 0 Å². The molecule has 3 aromatic rings. The van der Waals surface area contributed by atoms with Crippen molar-refractivity contribution in [3.63, 3.8) is 0 Å². The van der Waals surface area contributed by atoms with Gasteiger partial charge < -0.3 is 10.3 Å². The van der Waals surface area contributed by atoms with E-state index in [0.717, 1.165) is 0 Å². The quantitative estimate of drug-likeness (QED) is 0.790. The lowest BCUT2D eigenvalue weighted by molar-refractivity contribution is 0.506. The van der Waals surface area contributed by atoms with E-state index in [2.05, 4.69) is 54.7 Å². The Morgan fingerprint density at radius 1 is 1.15 bits per heavy atom. The van der Waals surface area contributed by atoms with Crippen molar-refractivity contribution in [1.82, 2.24) is 9.55 Å². The van der Waals surface area contributed by atoms with Crippen LogP contribution in [-0.4, -0.2) is 16.1 Å². The third-order valence-electron chi connectivity index (χ3n) is 4.32. The molecule has 0 radical (unpaired) electrons.